The molecule has 1 fully saturated rings. The molecule has 5 heteroatoms. The van der Waals surface area contributed by atoms with Gasteiger partial charge in [-0.15, -0.1) is 0 Å². The van der Waals surface area contributed by atoms with E-state index in [0.29, 0.717) is 10.6 Å². The van der Waals surface area contributed by atoms with Crippen LogP contribution in [0.15, 0.2) is 4.47 Å². The lowest BCUT2D eigenvalue weighted by molar-refractivity contribution is -0.0648. The summed E-state index contributed by atoms with van der Waals surface area (Å²) in [4.78, 5) is 8.09. The lowest BCUT2D eigenvalue weighted by Gasteiger charge is -2.38. The molecular formula is C15H23BrN2OS. The van der Waals surface area contributed by atoms with Crippen LogP contribution in [0.2, 0.25) is 0 Å². The highest BCUT2D eigenvalue weighted by molar-refractivity contribution is 9.10. The third-order valence-electron chi connectivity index (χ3n) is 4.21. The summed E-state index contributed by atoms with van der Waals surface area (Å²) >= 11 is 8.96. The van der Waals surface area contributed by atoms with E-state index in [2.05, 4.69) is 39.7 Å². The molecule has 0 amide bonds. The maximum Gasteiger partial charge on any atom is 0.144 e. The Balaban J connectivity index is 2.46. The van der Waals surface area contributed by atoms with Gasteiger partial charge in [0.1, 0.15) is 16.1 Å². The summed E-state index contributed by atoms with van der Waals surface area (Å²) in [6.45, 7) is 4.45. The summed E-state index contributed by atoms with van der Waals surface area (Å²) in [5, 5.41) is 0. The van der Waals surface area contributed by atoms with Crippen LogP contribution in [-0.2, 0) is 16.8 Å². The van der Waals surface area contributed by atoms with E-state index in [-0.39, 0.29) is 5.60 Å². The van der Waals surface area contributed by atoms with Crippen LogP contribution >= 0.6 is 28.1 Å². The second-order valence-corrected chi connectivity index (χ2v) is 7.01. The van der Waals surface area contributed by atoms with E-state index in [0.717, 1.165) is 41.7 Å². The maximum absolute atomic E-state index is 5.91. The molecule has 1 aromatic rings. The first-order chi connectivity index (χ1) is 9.52. The van der Waals surface area contributed by atoms with Crippen molar-refractivity contribution in [3.05, 3.63) is 20.6 Å². The molecular weight excluding hydrogens is 336 g/mol. The number of nitrogens with one attached hydrogen (secondary N) is 1. The van der Waals surface area contributed by atoms with Gasteiger partial charge in [-0.25, -0.2) is 4.98 Å². The average molecular weight is 359 g/mol. The van der Waals surface area contributed by atoms with Gasteiger partial charge in [0.2, 0.25) is 0 Å². The molecule has 1 saturated carbocycles. The number of hydrogen-bond acceptors (Lipinski definition) is 3. The fourth-order valence-corrected chi connectivity index (χ4v) is 3.74. The topological polar surface area (TPSA) is 37.9 Å². The molecule has 2 rings (SSSR count). The number of aryl methyl sites for hydroxylation is 1. The minimum absolute atomic E-state index is 0.297. The van der Waals surface area contributed by atoms with E-state index in [1.54, 1.807) is 7.11 Å². The number of aromatic nitrogens is 2. The zero-order chi connectivity index (χ0) is 14.8. The van der Waals surface area contributed by atoms with Gasteiger partial charge in [-0.05, 0) is 47.5 Å². The standard InChI is InChI=1S/C15H23BrN2OS/c1-4-6-11-12(16)13(20)18-14(17-11)15(19-3)8-5-7-10(2)9-15/h10H,4-9H2,1-3H3,(H,17,18,20). The summed E-state index contributed by atoms with van der Waals surface area (Å²) in [5.74, 6) is 1.56. The number of nitrogens with zero attached hydrogens (tertiary/aromatic N) is 1. The average Bonchev–Trinajstić information content (AvgIpc) is 2.43. The number of methoxy groups -OCH3 is 1. The van der Waals surface area contributed by atoms with Crippen molar-refractivity contribution in [1.82, 2.24) is 9.97 Å². The van der Waals surface area contributed by atoms with E-state index in [9.17, 15) is 0 Å². The van der Waals surface area contributed by atoms with Crippen LogP contribution in [0.25, 0.3) is 0 Å². The van der Waals surface area contributed by atoms with Crippen molar-refractivity contribution in [1.29, 1.82) is 0 Å². The molecule has 0 bridgehead atoms. The van der Waals surface area contributed by atoms with E-state index < -0.39 is 0 Å². The largest absolute Gasteiger partial charge is 0.370 e. The van der Waals surface area contributed by atoms with E-state index in [1.165, 1.54) is 12.8 Å². The lowest BCUT2D eigenvalue weighted by Crippen LogP contribution is -2.36. The lowest BCUT2D eigenvalue weighted by atomic mass is 9.78. The molecule has 0 spiro atoms. The number of aromatic amines is 1. The molecule has 1 heterocycles. The number of rotatable bonds is 4. The van der Waals surface area contributed by atoms with Crippen molar-refractivity contribution in [2.24, 2.45) is 5.92 Å². The zero-order valence-corrected chi connectivity index (χ0v) is 14.9. The molecule has 1 aromatic heterocycles. The normalized spacial score (nSPS) is 26.7. The maximum atomic E-state index is 5.91. The van der Waals surface area contributed by atoms with E-state index in [4.69, 9.17) is 17.0 Å². The fraction of sp³-hybridized carbons (Fsp3) is 0.733. The Morgan fingerprint density at radius 3 is 2.90 bits per heavy atom. The van der Waals surface area contributed by atoms with Gasteiger partial charge in [0.05, 0.1) is 4.47 Å². The van der Waals surface area contributed by atoms with Crippen molar-refractivity contribution in [2.75, 3.05) is 7.11 Å². The monoisotopic (exact) mass is 358 g/mol. The van der Waals surface area contributed by atoms with Gasteiger partial charge in [-0.1, -0.05) is 38.9 Å². The van der Waals surface area contributed by atoms with Crippen LogP contribution in [-0.4, -0.2) is 17.1 Å². The first kappa shape index (κ1) is 16.1. The second-order valence-electron chi connectivity index (χ2n) is 5.83. The van der Waals surface area contributed by atoms with Gasteiger partial charge >= 0.3 is 0 Å². The van der Waals surface area contributed by atoms with Gasteiger partial charge in [0.15, 0.2) is 0 Å². The Bertz CT molecular complexity index is 531. The van der Waals surface area contributed by atoms with Crippen molar-refractivity contribution in [3.63, 3.8) is 0 Å². The predicted octanol–water partition coefficient (Wildman–Crippen LogP) is 4.91. The Hall–Kier alpha value is -0.260. The molecule has 0 saturated heterocycles. The highest BCUT2D eigenvalue weighted by Gasteiger charge is 2.39. The van der Waals surface area contributed by atoms with Crippen molar-refractivity contribution >= 4 is 28.1 Å². The Kier molecular flexibility index (Phi) is 5.37. The van der Waals surface area contributed by atoms with Crippen LogP contribution in [0.1, 0.15) is 57.5 Å². The zero-order valence-electron chi connectivity index (χ0n) is 12.5. The smallest absolute Gasteiger partial charge is 0.144 e. The molecule has 1 aliphatic rings. The van der Waals surface area contributed by atoms with Crippen LogP contribution < -0.4 is 0 Å². The van der Waals surface area contributed by atoms with Crippen molar-refractivity contribution < 1.29 is 4.74 Å². The SMILES string of the molecule is CCCc1[nH]c(C2(OC)CCCC(C)C2)nc(=S)c1Br. The minimum atomic E-state index is -0.297. The Morgan fingerprint density at radius 2 is 2.30 bits per heavy atom. The van der Waals surface area contributed by atoms with E-state index >= 15 is 0 Å². The minimum Gasteiger partial charge on any atom is -0.370 e. The highest BCUT2D eigenvalue weighted by Crippen LogP contribution is 2.41. The molecule has 0 aliphatic heterocycles. The summed E-state index contributed by atoms with van der Waals surface area (Å²) in [6, 6.07) is 0. The number of halogens is 1. The van der Waals surface area contributed by atoms with Crippen LogP contribution in [0.4, 0.5) is 0 Å². The van der Waals surface area contributed by atoms with Crippen LogP contribution in [0.3, 0.4) is 0 Å². The molecule has 0 aromatic carbocycles. The number of ether oxygens (including phenoxy) is 1. The Morgan fingerprint density at radius 1 is 1.55 bits per heavy atom. The summed E-state index contributed by atoms with van der Waals surface area (Å²) in [6.07, 6.45) is 6.51. The Labute approximate surface area is 134 Å². The molecule has 3 nitrogen and oxygen atoms in total. The van der Waals surface area contributed by atoms with E-state index in [1.807, 2.05) is 0 Å². The van der Waals surface area contributed by atoms with Gasteiger partial charge in [-0.2, -0.15) is 0 Å². The first-order valence-corrected chi connectivity index (χ1v) is 8.57. The third kappa shape index (κ3) is 3.15. The summed E-state index contributed by atoms with van der Waals surface area (Å²) in [7, 11) is 1.79. The predicted molar refractivity (Wildman–Crippen MR) is 87.4 cm³/mol. The molecule has 1 N–H and O–H groups in total. The third-order valence-corrected chi connectivity index (χ3v) is 5.63. The number of hydrogen-bond donors (Lipinski definition) is 1. The second kappa shape index (κ2) is 6.67. The molecule has 2 atom stereocenters. The van der Waals surface area contributed by atoms with Crippen molar-refractivity contribution in [2.45, 2.75) is 58.0 Å². The fourth-order valence-electron chi connectivity index (χ4n) is 3.14. The van der Waals surface area contributed by atoms with Gasteiger partial charge in [-0.3, -0.25) is 0 Å². The van der Waals surface area contributed by atoms with Crippen LogP contribution in [0, 0.1) is 10.6 Å². The molecule has 0 radical (unpaired) electrons. The highest BCUT2D eigenvalue weighted by atomic mass is 79.9. The van der Waals surface area contributed by atoms with Gasteiger partial charge in [0.25, 0.3) is 0 Å². The van der Waals surface area contributed by atoms with Gasteiger partial charge < -0.3 is 9.72 Å². The summed E-state index contributed by atoms with van der Waals surface area (Å²) < 4.78 is 7.47. The molecule has 20 heavy (non-hydrogen) atoms. The first-order valence-electron chi connectivity index (χ1n) is 7.36. The van der Waals surface area contributed by atoms with Gasteiger partial charge in [0, 0.05) is 12.8 Å². The molecule has 112 valence electrons. The molecule has 2 unspecified atom stereocenters. The van der Waals surface area contributed by atoms with Crippen molar-refractivity contribution in [3.8, 4) is 0 Å². The van der Waals surface area contributed by atoms with Crippen LogP contribution in [0.5, 0.6) is 0 Å². The quantitative estimate of drug-likeness (QED) is 0.777. The number of H-pyrrole nitrogens is 1. The summed E-state index contributed by atoms with van der Waals surface area (Å²) in [5.41, 5.74) is 0.839. The molecule has 1 aliphatic carbocycles.